The van der Waals surface area contributed by atoms with E-state index >= 15 is 0 Å². The first-order chi connectivity index (χ1) is 33.2. The fourth-order valence-corrected chi connectivity index (χ4v) is 10.2. The van der Waals surface area contributed by atoms with Gasteiger partial charge in [-0.2, -0.15) is 0 Å². The van der Waals surface area contributed by atoms with Crippen molar-refractivity contribution >= 4 is 76.6 Å². The van der Waals surface area contributed by atoms with Crippen molar-refractivity contribution in [1.82, 2.24) is 14.5 Å². The summed E-state index contributed by atoms with van der Waals surface area (Å²) in [5.41, 5.74) is 17.2. The van der Waals surface area contributed by atoms with Crippen molar-refractivity contribution in [3.63, 3.8) is 0 Å². The zero-order valence-corrected chi connectivity index (χ0v) is 36.0. The van der Waals surface area contributed by atoms with Crippen LogP contribution in [0.4, 0.5) is 0 Å². The molecule has 4 aromatic heterocycles. The Balaban J connectivity index is 0.905. The van der Waals surface area contributed by atoms with Gasteiger partial charge in [0.2, 0.25) is 0 Å². The molecular weight excluding hydrogens is 819 g/mol. The number of hydrogen-bond donors (Lipinski definition) is 0. The molecule has 14 rings (SSSR count). The van der Waals surface area contributed by atoms with E-state index in [1.54, 1.807) is 0 Å². The van der Waals surface area contributed by atoms with Crippen LogP contribution in [-0.2, 0) is 0 Å². The molecule has 0 aliphatic rings. The number of hydrogen-bond acceptors (Lipinski definition) is 4. The maximum atomic E-state index is 6.45. The molecule has 0 bridgehead atoms. The molecule has 5 nitrogen and oxygen atoms in total. The minimum Gasteiger partial charge on any atom is -0.455 e. The predicted octanol–water partition coefficient (Wildman–Crippen LogP) is 16.9. The Morgan fingerprint density at radius 3 is 1.46 bits per heavy atom. The van der Waals surface area contributed by atoms with Gasteiger partial charge in [-0.25, -0.2) is 9.97 Å². The Hall–Kier alpha value is -9.06. The first-order valence-corrected chi connectivity index (χ1v) is 22.6. The molecule has 67 heavy (non-hydrogen) atoms. The van der Waals surface area contributed by atoms with Crippen LogP contribution in [0.5, 0.6) is 0 Å². The molecular formula is C62H37N3O2. The molecule has 0 atom stereocenters. The van der Waals surface area contributed by atoms with Crippen molar-refractivity contribution in [2.75, 3.05) is 0 Å². The molecule has 14 aromatic rings. The molecule has 0 N–H and O–H groups in total. The van der Waals surface area contributed by atoms with Crippen molar-refractivity contribution in [3.8, 4) is 61.7 Å². The van der Waals surface area contributed by atoms with E-state index in [2.05, 4.69) is 205 Å². The zero-order chi connectivity index (χ0) is 44.0. The molecule has 4 heterocycles. The standard InChI is InChI=1S/C62H37N3O2/c1-2-12-44(13-3-1)65-55-21-7-4-14-47(55)52-36-43(33-35-56(52)65)42-32-34-54-53(37-42)59(40-28-24-38(25-29-40)45-17-10-19-50-48-15-5-8-22-57(48)66-60(45)50)64-62(63-54)41-30-26-39(27-31-41)46-18-11-20-51-49-16-6-9-23-58(49)67-61(46)51/h1-37H. The fraction of sp³-hybridized carbons (Fsp3) is 0. The highest BCUT2D eigenvalue weighted by Crippen LogP contribution is 2.41. The Kier molecular flexibility index (Phi) is 8.21. The van der Waals surface area contributed by atoms with E-state index < -0.39 is 0 Å². The summed E-state index contributed by atoms with van der Waals surface area (Å²) < 4.78 is 15.2. The molecule has 0 fully saturated rings. The lowest BCUT2D eigenvalue weighted by atomic mass is 9.97. The third-order valence-electron chi connectivity index (χ3n) is 13.4. The maximum Gasteiger partial charge on any atom is 0.160 e. The Bertz CT molecular complexity index is 4250. The van der Waals surface area contributed by atoms with Crippen LogP contribution in [0, 0.1) is 0 Å². The Morgan fingerprint density at radius 1 is 0.313 bits per heavy atom. The SMILES string of the molecule is c1ccc(-n2c3ccccc3c3cc(-c4ccc5nc(-c6ccc(-c7cccc8c7oc7ccccc78)cc6)nc(-c6ccc(-c7cccc8c7oc7ccccc78)cc6)c5c4)ccc32)cc1. The third kappa shape index (κ3) is 5.95. The second-order valence-corrected chi connectivity index (χ2v) is 17.3. The van der Waals surface area contributed by atoms with Gasteiger partial charge in [0.15, 0.2) is 5.82 Å². The third-order valence-corrected chi connectivity index (χ3v) is 13.4. The van der Waals surface area contributed by atoms with Gasteiger partial charge >= 0.3 is 0 Å². The summed E-state index contributed by atoms with van der Waals surface area (Å²) in [6, 6.07) is 79.1. The maximum absolute atomic E-state index is 6.45. The minimum atomic E-state index is 0.662. The highest BCUT2D eigenvalue weighted by Gasteiger charge is 2.18. The average Bonchev–Trinajstić information content (AvgIpc) is 4.08. The summed E-state index contributed by atoms with van der Waals surface area (Å²) in [7, 11) is 0. The average molecular weight is 856 g/mol. The molecule has 0 spiro atoms. The van der Waals surface area contributed by atoms with Crippen molar-refractivity contribution in [2.24, 2.45) is 0 Å². The van der Waals surface area contributed by atoms with Crippen LogP contribution >= 0.6 is 0 Å². The molecule has 0 aliphatic heterocycles. The van der Waals surface area contributed by atoms with Crippen molar-refractivity contribution < 1.29 is 8.83 Å². The number of nitrogens with zero attached hydrogens (tertiary/aromatic N) is 3. The summed E-state index contributed by atoms with van der Waals surface area (Å²) in [5.74, 6) is 0.662. The monoisotopic (exact) mass is 855 g/mol. The van der Waals surface area contributed by atoms with Gasteiger partial charge in [0, 0.05) is 65.6 Å². The molecule has 0 amide bonds. The second-order valence-electron chi connectivity index (χ2n) is 17.3. The van der Waals surface area contributed by atoms with Crippen LogP contribution in [0.15, 0.2) is 233 Å². The highest BCUT2D eigenvalue weighted by atomic mass is 16.3. The molecule has 0 aliphatic carbocycles. The van der Waals surface area contributed by atoms with Gasteiger partial charge < -0.3 is 13.4 Å². The lowest BCUT2D eigenvalue weighted by Gasteiger charge is -2.13. The molecule has 5 heteroatoms. The second kappa shape index (κ2) is 14.7. The minimum absolute atomic E-state index is 0.662. The number of benzene rings is 10. The lowest BCUT2D eigenvalue weighted by molar-refractivity contribution is 0.669. The first kappa shape index (κ1) is 37.3. The van der Waals surface area contributed by atoms with E-state index in [9.17, 15) is 0 Å². The van der Waals surface area contributed by atoms with Gasteiger partial charge in [-0.3, -0.25) is 0 Å². The quantitative estimate of drug-likeness (QED) is 0.167. The normalized spacial score (nSPS) is 11.9. The number of fused-ring (bicyclic) bond motifs is 10. The summed E-state index contributed by atoms with van der Waals surface area (Å²) in [4.78, 5) is 10.7. The largest absolute Gasteiger partial charge is 0.455 e. The predicted molar refractivity (Wildman–Crippen MR) is 276 cm³/mol. The van der Waals surface area contributed by atoms with E-state index in [0.717, 1.165) is 111 Å². The van der Waals surface area contributed by atoms with Crippen molar-refractivity contribution in [3.05, 3.63) is 224 Å². The van der Waals surface area contributed by atoms with Gasteiger partial charge in [-0.05, 0) is 76.9 Å². The van der Waals surface area contributed by atoms with Gasteiger partial charge in [-0.1, -0.05) is 170 Å². The molecule has 0 radical (unpaired) electrons. The van der Waals surface area contributed by atoms with E-state index in [-0.39, 0.29) is 0 Å². The summed E-state index contributed by atoms with van der Waals surface area (Å²) >= 11 is 0. The fourth-order valence-electron chi connectivity index (χ4n) is 10.2. The van der Waals surface area contributed by atoms with Crippen LogP contribution < -0.4 is 0 Å². The molecule has 0 unspecified atom stereocenters. The molecule has 0 saturated carbocycles. The summed E-state index contributed by atoms with van der Waals surface area (Å²) in [6.45, 7) is 0. The van der Waals surface area contributed by atoms with E-state index in [0.29, 0.717) is 5.82 Å². The van der Waals surface area contributed by atoms with E-state index in [1.165, 1.54) is 21.8 Å². The van der Waals surface area contributed by atoms with Gasteiger partial charge in [0.25, 0.3) is 0 Å². The molecule has 312 valence electrons. The Labute approximate surface area is 384 Å². The number of para-hydroxylation sites is 6. The Morgan fingerprint density at radius 2 is 0.806 bits per heavy atom. The van der Waals surface area contributed by atoms with Gasteiger partial charge in [-0.15, -0.1) is 0 Å². The first-order valence-electron chi connectivity index (χ1n) is 22.6. The van der Waals surface area contributed by atoms with Crippen molar-refractivity contribution in [1.29, 1.82) is 0 Å². The van der Waals surface area contributed by atoms with Gasteiger partial charge in [0.1, 0.15) is 22.3 Å². The lowest BCUT2D eigenvalue weighted by Crippen LogP contribution is -1.96. The highest BCUT2D eigenvalue weighted by molar-refractivity contribution is 6.12. The van der Waals surface area contributed by atoms with Crippen LogP contribution in [0.1, 0.15) is 0 Å². The van der Waals surface area contributed by atoms with Gasteiger partial charge in [0.05, 0.1) is 22.2 Å². The summed E-state index contributed by atoms with van der Waals surface area (Å²) in [6.07, 6.45) is 0. The van der Waals surface area contributed by atoms with Crippen LogP contribution in [0.2, 0.25) is 0 Å². The van der Waals surface area contributed by atoms with E-state index in [1.807, 2.05) is 24.3 Å². The number of furan rings is 2. The number of aromatic nitrogens is 3. The van der Waals surface area contributed by atoms with Crippen molar-refractivity contribution in [2.45, 2.75) is 0 Å². The number of rotatable bonds is 6. The zero-order valence-electron chi connectivity index (χ0n) is 36.0. The van der Waals surface area contributed by atoms with Crippen LogP contribution in [0.3, 0.4) is 0 Å². The topological polar surface area (TPSA) is 57.0 Å². The molecule has 10 aromatic carbocycles. The van der Waals surface area contributed by atoms with E-state index in [4.69, 9.17) is 18.8 Å². The van der Waals surface area contributed by atoms with Crippen LogP contribution in [-0.4, -0.2) is 14.5 Å². The summed E-state index contributed by atoms with van der Waals surface area (Å²) in [5, 5.41) is 7.86. The smallest absolute Gasteiger partial charge is 0.160 e. The van der Waals surface area contributed by atoms with Crippen LogP contribution in [0.25, 0.3) is 138 Å². The molecule has 0 saturated heterocycles.